The molecule has 92 valence electrons. The maximum atomic E-state index is 10.7. The van der Waals surface area contributed by atoms with Crippen LogP contribution in [0.15, 0.2) is 18.2 Å². The number of rotatable bonds is 4. The Labute approximate surface area is 107 Å². The van der Waals surface area contributed by atoms with E-state index in [1.54, 1.807) is 6.92 Å². The predicted molar refractivity (Wildman–Crippen MR) is 77.1 cm³/mol. The van der Waals surface area contributed by atoms with Crippen LogP contribution < -0.4 is 5.73 Å². The quantitative estimate of drug-likeness (QED) is 0.655. The third-order valence-electron chi connectivity index (χ3n) is 2.49. The van der Waals surface area contributed by atoms with Crippen molar-refractivity contribution in [3.63, 3.8) is 0 Å². The maximum Gasteiger partial charge on any atom is 0.185 e. The van der Waals surface area contributed by atoms with Crippen LogP contribution in [0, 0.1) is 13.8 Å². The molecule has 0 radical (unpaired) electrons. The minimum absolute atomic E-state index is 0.179. The lowest BCUT2D eigenvalue weighted by Crippen LogP contribution is -1.92. The molecule has 0 bridgehead atoms. The van der Waals surface area contributed by atoms with Crippen LogP contribution in [0.25, 0.3) is 6.08 Å². The molecular formula is C14H19NOS. The first kappa shape index (κ1) is 13.8. The Morgan fingerprint density at radius 2 is 1.94 bits per heavy atom. The van der Waals surface area contributed by atoms with Crippen molar-refractivity contribution in [1.29, 1.82) is 0 Å². The summed E-state index contributed by atoms with van der Waals surface area (Å²) in [6, 6.07) is 3.97. The minimum Gasteiger partial charge on any atom is -0.399 e. The molecule has 0 heterocycles. The standard InChI is InChI=1S/C14H19NOS/c1-10-8-13(15)9-11(2)14(10)6-4-5-7-17-12(3)16/h4,6,8-9H,5,7,15H2,1-3H3. The number of nitrogens with two attached hydrogens (primary N) is 1. The summed E-state index contributed by atoms with van der Waals surface area (Å²) in [5.41, 5.74) is 10.2. The zero-order valence-corrected chi connectivity index (χ0v) is 11.4. The summed E-state index contributed by atoms with van der Waals surface area (Å²) in [5, 5.41) is 0.179. The molecule has 0 saturated heterocycles. The van der Waals surface area contributed by atoms with E-state index in [0.29, 0.717) is 0 Å². The molecule has 0 aliphatic rings. The molecule has 2 N–H and O–H groups in total. The Morgan fingerprint density at radius 3 is 2.47 bits per heavy atom. The number of nitrogen functional groups attached to an aromatic ring is 1. The van der Waals surface area contributed by atoms with Crippen LogP contribution in [0.1, 0.15) is 30.0 Å². The molecule has 0 aliphatic heterocycles. The van der Waals surface area contributed by atoms with E-state index in [-0.39, 0.29) is 5.12 Å². The van der Waals surface area contributed by atoms with Crippen LogP contribution >= 0.6 is 11.8 Å². The third-order valence-corrected chi connectivity index (χ3v) is 3.34. The number of carbonyl (C=O) groups is 1. The Morgan fingerprint density at radius 1 is 1.35 bits per heavy atom. The van der Waals surface area contributed by atoms with Gasteiger partial charge in [0.15, 0.2) is 5.12 Å². The third kappa shape index (κ3) is 4.65. The maximum absolute atomic E-state index is 10.7. The lowest BCUT2D eigenvalue weighted by molar-refractivity contribution is -0.109. The normalized spacial score (nSPS) is 11.0. The molecular weight excluding hydrogens is 230 g/mol. The summed E-state index contributed by atoms with van der Waals surface area (Å²) in [5.74, 6) is 0.846. The van der Waals surface area contributed by atoms with Gasteiger partial charge in [-0.1, -0.05) is 23.9 Å². The molecule has 3 heteroatoms. The Kier molecular flexibility index (Phi) is 5.29. The summed E-state index contributed by atoms with van der Waals surface area (Å²) in [6.45, 7) is 5.73. The van der Waals surface area contributed by atoms with Crippen LogP contribution in [0.2, 0.25) is 0 Å². The number of hydrogen-bond donors (Lipinski definition) is 1. The van der Waals surface area contributed by atoms with Gasteiger partial charge in [-0.3, -0.25) is 4.79 Å². The fraction of sp³-hybridized carbons (Fsp3) is 0.357. The van der Waals surface area contributed by atoms with Gasteiger partial charge >= 0.3 is 0 Å². The van der Waals surface area contributed by atoms with E-state index < -0.39 is 0 Å². The summed E-state index contributed by atoms with van der Waals surface area (Å²) in [4.78, 5) is 10.7. The van der Waals surface area contributed by atoms with Crippen molar-refractivity contribution in [2.24, 2.45) is 0 Å². The van der Waals surface area contributed by atoms with Gasteiger partial charge in [0.1, 0.15) is 0 Å². The van der Waals surface area contributed by atoms with Crippen LogP contribution in [0.5, 0.6) is 0 Å². The fourth-order valence-electron chi connectivity index (χ4n) is 1.74. The molecule has 1 aromatic rings. The smallest absolute Gasteiger partial charge is 0.185 e. The summed E-state index contributed by atoms with van der Waals surface area (Å²) in [6.07, 6.45) is 5.14. The van der Waals surface area contributed by atoms with Crippen molar-refractivity contribution >= 4 is 28.6 Å². The molecule has 2 nitrogen and oxygen atoms in total. The van der Waals surface area contributed by atoms with Crippen LogP contribution in [0.3, 0.4) is 0 Å². The number of allylic oxidation sites excluding steroid dienone is 1. The van der Waals surface area contributed by atoms with E-state index in [1.165, 1.54) is 28.5 Å². The lowest BCUT2D eigenvalue weighted by Gasteiger charge is -2.06. The van der Waals surface area contributed by atoms with Crippen LogP contribution in [0.4, 0.5) is 5.69 Å². The van der Waals surface area contributed by atoms with Crippen molar-refractivity contribution in [3.8, 4) is 0 Å². The lowest BCUT2D eigenvalue weighted by atomic mass is 10.0. The summed E-state index contributed by atoms with van der Waals surface area (Å²) >= 11 is 1.37. The Bertz CT molecular complexity index is 415. The van der Waals surface area contributed by atoms with E-state index in [2.05, 4.69) is 26.0 Å². The molecule has 0 saturated carbocycles. The van der Waals surface area contributed by atoms with E-state index >= 15 is 0 Å². The first-order valence-corrected chi connectivity index (χ1v) is 6.66. The number of hydrogen-bond acceptors (Lipinski definition) is 3. The van der Waals surface area contributed by atoms with Gasteiger partial charge in [-0.2, -0.15) is 0 Å². The molecule has 0 fully saturated rings. The molecule has 0 atom stereocenters. The van der Waals surface area contributed by atoms with Crippen molar-refractivity contribution in [2.75, 3.05) is 11.5 Å². The van der Waals surface area contributed by atoms with Crippen molar-refractivity contribution < 1.29 is 4.79 Å². The topological polar surface area (TPSA) is 43.1 Å². The number of anilines is 1. The highest BCUT2D eigenvalue weighted by molar-refractivity contribution is 8.13. The molecule has 0 aromatic heterocycles. The average Bonchev–Trinajstić information content (AvgIpc) is 2.20. The average molecular weight is 249 g/mol. The van der Waals surface area contributed by atoms with Gasteiger partial charge in [-0.05, 0) is 49.1 Å². The minimum atomic E-state index is 0.179. The van der Waals surface area contributed by atoms with Gasteiger partial charge in [0.25, 0.3) is 0 Å². The van der Waals surface area contributed by atoms with E-state index in [1.807, 2.05) is 12.1 Å². The fourth-order valence-corrected chi connectivity index (χ4v) is 2.28. The van der Waals surface area contributed by atoms with Gasteiger partial charge in [0.2, 0.25) is 0 Å². The predicted octanol–water partition coefficient (Wildman–Crippen LogP) is 3.57. The molecule has 17 heavy (non-hydrogen) atoms. The highest BCUT2D eigenvalue weighted by Gasteiger charge is 2.00. The number of thioether (sulfide) groups is 1. The summed E-state index contributed by atoms with van der Waals surface area (Å²) in [7, 11) is 0. The number of aryl methyl sites for hydroxylation is 2. The zero-order chi connectivity index (χ0) is 12.8. The van der Waals surface area contributed by atoms with Gasteiger partial charge in [0, 0.05) is 18.4 Å². The largest absolute Gasteiger partial charge is 0.399 e. The second kappa shape index (κ2) is 6.50. The van der Waals surface area contributed by atoms with Gasteiger partial charge in [0.05, 0.1) is 0 Å². The highest BCUT2D eigenvalue weighted by Crippen LogP contribution is 2.19. The number of carbonyl (C=O) groups excluding carboxylic acids is 1. The first-order valence-electron chi connectivity index (χ1n) is 5.67. The van der Waals surface area contributed by atoms with Gasteiger partial charge < -0.3 is 5.73 Å². The van der Waals surface area contributed by atoms with Crippen molar-refractivity contribution in [2.45, 2.75) is 27.2 Å². The molecule has 0 spiro atoms. The highest BCUT2D eigenvalue weighted by atomic mass is 32.2. The van der Waals surface area contributed by atoms with E-state index in [4.69, 9.17) is 5.73 Å². The molecule has 1 aromatic carbocycles. The van der Waals surface area contributed by atoms with Crippen LogP contribution in [-0.2, 0) is 4.79 Å². The van der Waals surface area contributed by atoms with Crippen molar-refractivity contribution in [3.05, 3.63) is 34.9 Å². The summed E-state index contributed by atoms with van der Waals surface area (Å²) < 4.78 is 0. The Balaban J connectivity index is 2.62. The van der Waals surface area contributed by atoms with E-state index in [9.17, 15) is 4.79 Å². The van der Waals surface area contributed by atoms with Gasteiger partial charge in [-0.15, -0.1) is 0 Å². The SMILES string of the molecule is CC(=O)SCCC=Cc1c(C)cc(N)cc1C. The number of benzene rings is 1. The second-order valence-corrected chi connectivity index (χ2v) is 5.37. The van der Waals surface area contributed by atoms with E-state index in [0.717, 1.165) is 17.9 Å². The second-order valence-electron chi connectivity index (χ2n) is 4.10. The zero-order valence-electron chi connectivity index (χ0n) is 10.6. The molecule has 0 amide bonds. The Hall–Kier alpha value is -1.22. The molecule has 1 rings (SSSR count). The molecule has 0 unspecified atom stereocenters. The monoisotopic (exact) mass is 249 g/mol. The van der Waals surface area contributed by atoms with Crippen LogP contribution in [-0.4, -0.2) is 10.9 Å². The molecule has 0 aliphatic carbocycles. The van der Waals surface area contributed by atoms with Crippen molar-refractivity contribution in [1.82, 2.24) is 0 Å². The first-order chi connectivity index (χ1) is 8.00. The van der Waals surface area contributed by atoms with Gasteiger partial charge in [-0.25, -0.2) is 0 Å².